The normalized spacial score (nSPS) is 14.3. The van der Waals surface area contributed by atoms with Crippen LogP contribution in [0.2, 0.25) is 0 Å². The Morgan fingerprint density at radius 2 is 1.71 bits per heavy atom. The van der Waals surface area contributed by atoms with Crippen LogP contribution >= 0.6 is 0 Å². The standard InChI is InChI=1S/C16H27N3O2/c1-16(21,12-19(4)5)11-17-15(20)14-8-6-13(7-9-14)10-18(2)3/h6-9,21H,10-12H2,1-5H3,(H,17,20). The molecule has 21 heavy (non-hydrogen) atoms. The molecule has 1 rings (SSSR count). The Balaban J connectivity index is 2.56. The van der Waals surface area contributed by atoms with E-state index in [1.165, 1.54) is 0 Å². The zero-order valence-electron chi connectivity index (χ0n) is 13.7. The van der Waals surface area contributed by atoms with Crippen molar-refractivity contribution in [3.8, 4) is 0 Å². The molecule has 0 aliphatic heterocycles. The van der Waals surface area contributed by atoms with Crippen LogP contribution in [0.1, 0.15) is 22.8 Å². The third-order valence-electron chi connectivity index (χ3n) is 3.00. The van der Waals surface area contributed by atoms with E-state index in [0.717, 1.165) is 12.1 Å². The van der Waals surface area contributed by atoms with E-state index in [0.29, 0.717) is 12.1 Å². The molecule has 0 saturated heterocycles. The van der Waals surface area contributed by atoms with Crippen LogP contribution in [-0.4, -0.2) is 67.7 Å². The quantitative estimate of drug-likeness (QED) is 0.780. The van der Waals surface area contributed by atoms with Gasteiger partial charge in [0, 0.05) is 25.2 Å². The second kappa shape index (κ2) is 7.54. The molecule has 5 heteroatoms. The lowest BCUT2D eigenvalue weighted by atomic mass is 10.1. The Labute approximate surface area is 127 Å². The van der Waals surface area contributed by atoms with Crippen LogP contribution < -0.4 is 5.32 Å². The van der Waals surface area contributed by atoms with E-state index >= 15 is 0 Å². The highest BCUT2D eigenvalue weighted by Crippen LogP contribution is 2.07. The predicted octanol–water partition coefficient (Wildman–Crippen LogP) is 0.791. The van der Waals surface area contributed by atoms with E-state index in [9.17, 15) is 9.90 Å². The zero-order chi connectivity index (χ0) is 16.0. The molecule has 118 valence electrons. The number of hydrogen-bond donors (Lipinski definition) is 2. The first-order valence-corrected chi connectivity index (χ1v) is 7.08. The molecule has 0 heterocycles. The van der Waals surface area contributed by atoms with Gasteiger partial charge in [0.05, 0.1) is 5.60 Å². The third kappa shape index (κ3) is 6.71. The summed E-state index contributed by atoms with van der Waals surface area (Å²) in [5, 5.41) is 12.9. The number of nitrogens with zero attached hydrogens (tertiary/aromatic N) is 2. The van der Waals surface area contributed by atoms with Crippen molar-refractivity contribution in [2.75, 3.05) is 41.3 Å². The summed E-state index contributed by atoms with van der Waals surface area (Å²) in [6, 6.07) is 7.53. The van der Waals surface area contributed by atoms with Gasteiger partial charge in [0.2, 0.25) is 0 Å². The van der Waals surface area contributed by atoms with E-state index in [4.69, 9.17) is 0 Å². The van der Waals surface area contributed by atoms with Crippen molar-refractivity contribution in [3.05, 3.63) is 35.4 Å². The Kier molecular flexibility index (Phi) is 6.33. The number of aliphatic hydroxyl groups is 1. The van der Waals surface area contributed by atoms with Gasteiger partial charge in [-0.05, 0) is 52.8 Å². The van der Waals surface area contributed by atoms with Crippen LogP contribution in [0.25, 0.3) is 0 Å². The molecule has 5 nitrogen and oxygen atoms in total. The van der Waals surface area contributed by atoms with Crippen LogP contribution in [0, 0.1) is 0 Å². The first-order valence-electron chi connectivity index (χ1n) is 7.08. The summed E-state index contributed by atoms with van der Waals surface area (Å²) in [5.74, 6) is -0.162. The van der Waals surface area contributed by atoms with Crippen molar-refractivity contribution >= 4 is 5.91 Å². The van der Waals surface area contributed by atoms with Gasteiger partial charge in [-0.3, -0.25) is 4.79 Å². The first kappa shape index (κ1) is 17.6. The number of benzene rings is 1. The fourth-order valence-corrected chi connectivity index (χ4v) is 2.24. The van der Waals surface area contributed by atoms with Gasteiger partial charge in [-0.2, -0.15) is 0 Å². The molecule has 1 aromatic carbocycles. The lowest BCUT2D eigenvalue weighted by molar-refractivity contribution is 0.0326. The van der Waals surface area contributed by atoms with Crippen molar-refractivity contribution in [2.24, 2.45) is 0 Å². The van der Waals surface area contributed by atoms with E-state index in [2.05, 4.69) is 10.2 Å². The van der Waals surface area contributed by atoms with E-state index in [1.54, 1.807) is 6.92 Å². The highest BCUT2D eigenvalue weighted by atomic mass is 16.3. The molecule has 0 saturated carbocycles. The highest BCUT2D eigenvalue weighted by molar-refractivity contribution is 5.94. The molecule has 1 atom stereocenters. The second-order valence-electron chi connectivity index (χ2n) is 6.35. The minimum Gasteiger partial charge on any atom is -0.387 e. The molecule has 1 amide bonds. The fraction of sp³-hybridized carbons (Fsp3) is 0.562. The summed E-state index contributed by atoms with van der Waals surface area (Å²) in [7, 11) is 7.79. The van der Waals surface area contributed by atoms with E-state index in [1.807, 2.05) is 57.4 Å². The predicted molar refractivity (Wildman–Crippen MR) is 85.3 cm³/mol. The van der Waals surface area contributed by atoms with Crippen molar-refractivity contribution in [2.45, 2.75) is 19.1 Å². The molecule has 2 N–H and O–H groups in total. The van der Waals surface area contributed by atoms with Crippen LogP contribution in [0.15, 0.2) is 24.3 Å². The Hall–Kier alpha value is -1.43. The monoisotopic (exact) mass is 293 g/mol. The zero-order valence-corrected chi connectivity index (χ0v) is 13.7. The highest BCUT2D eigenvalue weighted by Gasteiger charge is 2.22. The first-order chi connectivity index (χ1) is 9.69. The fourth-order valence-electron chi connectivity index (χ4n) is 2.24. The summed E-state index contributed by atoms with van der Waals surface area (Å²) in [5.41, 5.74) is 0.832. The molecule has 1 unspecified atom stereocenters. The lowest BCUT2D eigenvalue weighted by Gasteiger charge is -2.27. The summed E-state index contributed by atoms with van der Waals surface area (Å²) in [4.78, 5) is 16.0. The maximum Gasteiger partial charge on any atom is 0.251 e. The van der Waals surface area contributed by atoms with E-state index < -0.39 is 5.60 Å². The van der Waals surface area contributed by atoms with Crippen molar-refractivity contribution in [1.29, 1.82) is 0 Å². The maximum absolute atomic E-state index is 12.1. The van der Waals surface area contributed by atoms with Gasteiger partial charge in [0.1, 0.15) is 0 Å². The van der Waals surface area contributed by atoms with Gasteiger partial charge < -0.3 is 20.2 Å². The molecular weight excluding hydrogens is 266 g/mol. The summed E-state index contributed by atoms with van der Waals surface area (Å²) < 4.78 is 0. The molecule has 0 spiro atoms. The molecule has 0 aromatic heterocycles. The molecule has 0 aliphatic carbocycles. The number of hydrogen-bond acceptors (Lipinski definition) is 4. The smallest absolute Gasteiger partial charge is 0.251 e. The number of carbonyl (C=O) groups excluding carboxylic acids is 1. The topological polar surface area (TPSA) is 55.8 Å². The average Bonchev–Trinajstić information content (AvgIpc) is 2.34. The summed E-state index contributed by atoms with van der Waals surface area (Å²) >= 11 is 0. The molecule has 0 fully saturated rings. The van der Waals surface area contributed by atoms with Gasteiger partial charge >= 0.3 is 0 Å². The van der Waals surface area contributed by atoms with Gasteiger partial charge in [-0.1, -0.05) is 12.1 Å². The van der Waals surface area contributed by atoms with Crippen molar-refractivity contribution < 1.29 is 9.90 Å². The van der Waals surface area contributed by atoms with Crippen molar-refractivity contribution in [1.82, 2.24) is 15.1 Å². The number of nitrogens with one attached hydrogen (secondary N) is 1. The SMILES string of the molecule is CN(C)Cc1ccc(C(=O)NCC(C)(O)CN(C)C)cc1. The van der Waals surface area contributed by atoms with Crippen LogP contribution in [0.3, 0.4) is 0 Å². The van der Waals surface area contributed by atoms with Gasteiger partial charge in [0.25, 0.3) is 5.91 Å². The maximum atomic E-state index is 12.1. The Morgan fingerprint density at radius 1 is 1.14 bits per heavy atom. The molecular formula is C16H27N3O2. The third-order valence-corrected chi connectivity index (χ3v) is 3.00. The Bertz CT molecular complexity index is 453. The average molecular weight is 293 g/mol. The number of likely N-dealkylation sites (N-methyl/N-ethyl adjacent to an activating group) is 1. The molecule has 1 aromatic rings. The molecule has 0 radical (unpaired) electrons. The van der Waals surface area contributed by atoms with E-state index in [-0.39, 0.29) is 12.5 Å². The molecule has 0 bridgehead atoms. The van der Waals surface area contributed by atoms with Crippen LogP contribution in [0.4, 0.5) is 0 Å². The number of carbonyl (C=O) groups is 1. The molecule has 0 aliphatic rings. The van der Waals surface area contributed by atoms with Crippen LogP contribution in [-0.2, 0) is 6.54 Å². The Morgan fingerprint density at radius 3 is 2.19 bits per heavy atom. The summed E-state index contributed by atoms with van der Waals surface area (Å²) in [6.45, 7) is 3.28. The van der Waals surface area contributed by atoms with Gasteiger partial charge in [-0.25, -0.2) is 0 Å². The van der Waals surface area contributed by atoms with Crippen molar-refractivity contribution in [3.63, 3.8) is 0 Å². The summed E-state index contributed by atoms with van der Waals surface area (Å²) in [6.07, 6.45) is 0. The minimum absolute atomic E-state index is 0.162. The van der Waals surface area contributed by atoms with Gasteiger partial charge in [-0.15, -0.1) is 0 Å². The second-order valence-corrected chi connectivity index (χ2v) is 6.35. The lowest BCUT2D eigenvalue weighted by Crippen LogP contribution is -2.47. The number of rotatable bonds is 7. The largest absolute Gasteiger partial charge is 0.387 e. The van der Waals surface area contributed by atoms with Crippen LogP contribution in [0.5, 0.6) is 0 Å². The van der Waals surface area contributed by atoms with Gasteiger partial charge in [0.15, 0.2) is 0 Å². The minimum atomic E-state index is -0.940. The number of amides is 1.